The largest absolute Gasteiger partial charge is 0.459 e. The van der Waals surface area contributed by atoms with Crippen LogP contribution in [-0.4, -0.2) is 50.7 Å². The van der Waals surface area contributed by atoms with Crippen molar-refractivity contribution in [2.75, 3.05) is 6.61 Å². The molecule has 26 heavy (non-hydrogen) atoms. The van der Waals surface area contributed by atoms with Gasteiger partial charge in [-0.3, -0.25) is 14.3 Å². The lowest BCUT2D eigenvalue weighted by Gasteiger charge is -2.17. The topological polar surface area (TPSA) is 131 Å². The molecule has 1 aromatic carbocycles. The van der Waals surface area contributed by atoms with E-state index in [1.54, 1.807) is 30.3 Å². The van der Waals surface area contributed by atoms with Gasteiger partial charge in [0.2, 0.25) is 0 Å². The predicted octanol–water partition coefficient (Wildman–Crippen LogP) is -0.679. The van der Waals surface area contributed by atoms with E-state index in [-0.39, 0.29) is 12.2 Å². The molecule has 1 aliphatic heterocycles. The van der Waals surface area contributed by atoms with Crippen molar-refractivity contribution in [3.8, 4) is 0 Å². The molecule has 2 heterocycles. The van der Waals surface area contributed by atoms with Crippen LogP contribution in [0.25, 0.3) is 0 Å². The molecule has 0 radical (unpaired) electrons. The normalized spacial score (nSPS) is 25.2. The molecule has 4 atom stereocenters. The molecule has 2 aromatic rings. The minimum Gasteiger partial charge on any atom is -0.459 e. The number of aryl methyl sites for hydroxylation is 1. The molecule has 0 spiro atoms. The lowest BCUT2D eigenvalue weighted by molar-refractivity contribution is -0.0599. The highest BCUT2D eigenvalue weighted by molar-refractivity contribution is 5.89. The molecule has 0 amide bonds. The van der Waals surface area contributed by atoms with Crippen LogP contribution in [0.1, 0.15) is 22.1 Å². The number of aliphatic hydroxyl groups is 2. The first-order valence-electron chi connectivity index (χ1n) is 7.94. The maximum Gasteiger partial charge on any atom is 0.338 e. The number of hydrogen-bond acceptors (Lipinski definition) is 7. The molecular weight excluding hydrogens is 344 g/mol. The third-order valence-electron chi connectivity index (χ3n) is 4.15. The first-order chi connectivity index (χ1) is 12.4. The van der Waals surface area contributed by atoms with Crippen LogP contribution in [0, 0.1) is 6.92 Å². The summed E-state index contributed by atoms with van der Waals surface area (Å²) in [6.45, 7) is 1.19. The molecule has 1 saturated heterocycles. The maximum absolute atomic E-state index is 12.0. The Morgan fingerprint density at radius 1 is 1.23 bits per heavy atom. The Morgan fingerprint density at radius 2 is 1.92 bits per heavy atom. The lowest BCUT2D eigenvalue weighted by Crippen LogP contribution is -2.38. The molecule has 9 heteroatoms. The minimum absolute atomic E-state index is 0.244. The summed E-state index contributed by atoms with van der Waals surface area (Å²) in [5, 5.41) is 20.3. The van der Waals surface area contributed by atoms with E-state index in [0.717, 1.165) is 4.57 Å². The summed E-state index contributed by atoms with van der Waals surface area (Å²) in [6.07, 6.45) is -3.81. The van der Waals surface area contributed by atoms with Gasteiger partial charge in [0.25, 0.3) is 5.56 Å². The number of benzene rings is 1. The van der Waals surface area contributed by atoms with Crippen molar-refractivity contribution in [1.29, 1.82) is 0 Å². The molecule has 1 fully saturated rings. The number of nitrogens with zero attached hydrogens (tertiary/aromatic N) is 1. The molecule has 0 unspecified atom stereocenters. The summed E-state index contributed by atoms with van der Waals surface area (Å²) in [7, 11) is 0. The number of ether oxygens (including phenoxy) is 2. The van der Waals surface area contributed by atoms with Crippen molar-refractivity contribution in [3.05, 3.63) is 68.5 Å². The second kappa shape index (κ2) is 7.24. The second-order valence-corrected chi connectivity index (χ2v) is 5.99. The van der Waals surface area contributed by atoms with Crippen molar-refractivity contribution in [2.45, 2.75) is 31.5 Å². The van der Waals surface area contributed by atoms with E-state index in [0.29, 0.717) is 5.56 Å². The zero-order chi connectivity index (χ0) is 18.8. The number of carbonyl (C=O) groups is 1. The second-order valence-electron chi connectivity index (χ2n) is 5.99. The number of hydrogen-bond donors (Lipinski definition) is 3. The highest BCUT2D eigenvalue weighted by Crippen LogP contribution is 2.28. The Balaban J connectivity index is 1.72. The Labute approximate surface area is 147 Å². The average Bonchev–Trinajstić information content (AvgIpc) is 2.91. The van der Waals surface area contributed by atoms with Gasteiger partial charge in [0.1, 0.15) is 24.9 Å². The number of esters is 1. The van der Waals surface area contributed by atoms with E-state index in [2.05, 4.69) is 4.98 Å². The number of aliphatic hydroxyl groups excluding tert-OH is 2. The van der Waals surface area contributed by atoms with Gasteiger partial charge in [0, 0.05) is 11.8 Å². The van der Waals surface area contributed by atoms with Gasteiger partial charge in [0.05, 0.1) is 5.56 Å². The minimum atomic E-state index is -1.43. The van der Waals surface area contributed by atoms with E-state index in [4.69, 9.17) is 9.47 Å². The number of nitrogens with one attached hydrogen (secondary N) is 1. The van der Waals surface area contributed by atoms with Gasteiger partial charge in [-0.25, -0.2) is 9.59 Å². The monoisotopic (exact) mass is 362 g/mol. The van der Waals surface area contributed by atoms with E-state index >= 15 is 0 Å². The van der Waals surface area contributed by atoms with Crippen LogP contribution in [-0.2, 0) is 9.47 Å². The van der Waals surface area contributed by atoms with Crippen LogP contribution < -0.4 is 11.2 Å². The fourth-order valence-corrected chi connectivity index (χ4v) is 2.69. The van der Waals surface area contributed by atoms with Crippen LogP contribution in [0.5, 0.6) is 0 Å². The lowest BCUT2D eigenvalue weighted by atomic mass is 10.1. The Morgan fingerprint density at radius 3 is 2.62 bits per heavy atom. The first kappa shape index (κ1) is 18.1. The number of carbonyl (C=O) groups excluding carboxylic acids is 1. The van der Waals surface area contributed by atoms with Gasteiger partial charge < -0.3 is 19.7 Å². The molecule has 1 aliphatic rings. The van der Waals surface area contributed by atoms with E-state index in [1.807, 2.05) is 0 Å². The fraction of sp³-hybridized carbons (Fsp3) is 0.353. The van der Waals surface area contributed by atoms with Gasteiger partial charge in [-0.2, -0.15) is 0 Å². The summed E-state index contributed by atoms with van der Waals surface area (Å²) in [5.41, 5.74) is -0.746. The number of H-pyrrole nitrogens is 1. The summed E-state index contributed by atoms with van der Waals surface area (Å²) >= 11 is 0. The quantitative estimate of drug-likeness (QED) is 0.614. The van der Waals surface area contributed by atoms with Crippen molar-refractivity contribution < 1.29 is 24.5 Å². The van der Waals surface area contributed by atoms with Crippen molar-refractivity contribution >= 4 is 5.97 Å². The van der Waals surface area contributed by atoms with Crippen molar-refractivity contribution in [3.63, 3.8) is 0 Å². The van der Waals surface area contributed by atoms with E-state index < -0.39 is 41.8 Å². The fourth-order valence-electron chi connectivity index (χ4n) is 2.69. The third kappa shape index (κ3) is 3.45. The SMILES string of the molecule is Cc1cn([C@H]2O[C@H](COC(=O)c3ccccc3)[C@@H](O)[C@@H]2O)c(=O)[nH]c1=O. The number of aromatic nitrogens is 2. The molecule has 0 bridgehead atoms. The Kier molecular flexibility index (Phi) is 5.03. The standard InChI is InChI=1S/C17H18N2O7/c1-9-7-19(17(24)18-14(9)22)15-13(21)12(20)11(26-15)8-25-16(23)10-5-3-2-4-6-10/h2-7,11-13,15,20-21H,8H2,1H3,(H,18,22,24)/t11-,12-,13+,15+/m1/s1. The predicted molar refractivity (Wildman–Crippen MR) is 88.7 cm³/mol. The van der Waals surface area contributed by atoms with Crippen LogP contribution in [0.2, 0.25) is 0 Å². The maximum atomic E-state index is 12.0. The van der Waals surface area contributed by atoms with Gasteiger partial charge >= 0.3 is 11.7 Å². The molecule has 0 saturated carbocycles. The summed E-state index contributed by atoms with van der Waals surface area (Å²) in [5.74, 6) is -0.601. The van der Waals surface area contributed by atoms with Gasteiger partial charge in [-0.05, 0) is 19.1 Å². The molecule has 3 rings (SSSR count). The van der Waals surface area contributed by atoms with Crippen LogP contribution >= 0.6 is 0 Å². The van der Waals surface area contributed by atoms with Crippen LogP contribution in [0.15, 0.2) is 46.1 Å². The molecule has 3 N–H and O–H groups in total. The van der Waals surface area contributed by atoms with Crippen molar-refractivity contribution in [2.24, 2.45) is 0 Å². The van der Waals surface area contributed by atoms with Crippen molar-refractivity contribution in [1.82, 2.24) is 9.55 Å². The summed E-state index contributed by atoms with van der Waals surface area (Å²) < 4.78 is 11.6. The van der Waals surface area contributed by atoms with E-state index in [9.17, 15) is 24.6 Å². The Hall–Kier alpha value is -2.75. The summed E-state index contributed by atoms with van der Waals surface area (Å²) in [4.78, 5) is 37.4. The smallest absolute Gasteiger partial charge is 0.338 e. The van der Waals surface area contributed by atoms with E-state index in [1.165, 1.54) is 13.1 Å². The first-order valence-corrected chi connectivity index (χ1v) is 7.94. The van der Waals surface area contributed by atoms with Crippen LogP contribution in [0.3, 0.4) is 0 Å². The average molecular weight is 362 g/mol. The van der Waals surface area contributed by atoms with Gasteiger partial charge in [-0.1, -0.05) is 18.2 Å². The molecule has 138 valence electrons. The zero-order valence-corrected chi connectivity index (χ0v) is 13.9. The molecule has 9 nitrogen and oxygen atoms in total. The Bertz CT molecular complexity index is 905. The zero-order valence-electron chi connectivity index (χ0n) is 13.9. The van der Waals surface area contributed by atoms with Gasteiger partial charge in [0.15, 0.2) is 6.23 Å². The van der Waals surface area contributed by atoms with Crippen LogP contribution in [0.4, 0.5) is 0 Å². The number of rotatable bonds is 4. The highest BCUT2D eigenvalue weighted by Gasteiger charge is 2.44. The third-order valence-corrected chi connectivity index (χ3v) is 4.15. The molecular formula is C17H18N2O7. The highest BCUT2D eigenvalue weighted by atomic mass is 16.6. The number of aromatic amines is 1. The molecule has 0 aliphatic carbocycles. The van der Waals surface area contributed by atoms with Gasteiger partial charge in [-0.15, -0.1) is 0 Å². The summed E-state index contributed by atoms with van der Waals surface area (Å²) in [6, 6.07) is 8.28. The molecule has 1 aromatic heterocycles.